The summed E-state index contributed by atoms with van der Waals surface area (Å²) < 4.78 is 10.4. The minimum Gasteiger partial charge on any atom is -0.453 e. The number of carbonyl (C=O) groups is 3. The minimum atomic E-state index is -0.704. The van der Waals surface area contributed by atoms with Gasteiger partial charge in [-0.1, -0.05) is 74.5 Å². The highest BCUT2D eigenvalue weighted by Gasteiger charge is 2.41. The Kier molecular flexibility index (Phi) is 10.3. The molecule has 3 amide bonds. The van der Waals surface area contributed by atoms with E-state index in [9.17, 15) is 14.4 Å². The van der Waals surface area contributed by atoms with Crippen LogP contribution < -0.4 is 16.0 Å². The molecule has 3 aromatic carbocycles. The maximum atomic E-state index is 13.7. The number of nitrogens with zero attached hydrogens (tertiary/aromatic N) is 3. The van der Waals surface area contributed by atoms with Crippen LogP contribution in [0.25, 0.3) is 38.9 Å². The number of imidazole rings is 1. The van der Waals surface area contributed by atoms with Crippen molar-refractivity contribution in [3.63, 3.8) is 0 Å². The zero-order valence-electron chi connectivity index (χ0n) is 32.4. The first kappa shape index (κ1) is 37.5. The predicted molar refractivity (Wildman–Crippen MR) is 213 cm³/mol. The van der Waals surface area contributed by atoms with Gasteiger partial charge in [0.2, 0.25) is 5.91 Å². The van der Waals surface area contributed by atoms with Crippen LogP contribution in [0.3, 0.4) is 0 Å². The monoisotopic (exact) mass is 745 g/mol. The molecule has 1 aromatic heterocycles. The fraction of sp³-hybridized carbons (Fsp3) is 0.395. The Hall–Kier alpha value is -5.78. The van der Waals surface area contributed by atoms with E-state index in [4.69, 9.17) is 9.47 Å². The van der Waals surface area contributed by atoms with E-state index in [-0.39, 0.29) is 36.2 Å². The molecular formula is C43H51N7O5. The van der Waals surface area contributed by atoms with Gasteiger partial charge < -0.3 is 35.3 Å². The quantitative estimate of drug-likeness (QED) is 0.138. The van der Waals surface area contributed by atoms with Crippen molar-refractivity contribution in [3.05, 3.63) is 96.6 Å². The van der Waals surface area contributed by atoms with Crippen molar-refractivity contribution in [2.45, 2.75) is 83.8 Å². The van der Waals surface area contributed by atoms with E-state index in [0.29, 0.717) is 19.5 Å². The maximum absolute atomic E-state index is 13.7. The summed E-state index contributed by atoms with van der Waals surface area (Å²) in [5.74, 6) is 0.507. The van der Waals surface area contributed by atoms with Crippen LogP contribution >= 0.6 is 0 Å². The molecule has 0 bridgehead atoms. The molecule has 0 spiro atoms. The van der Waals surface area contributed by atoms with Gasteiger partial charge >= 0.3 is 12.2 Å². The molecule has 7 rings (SSSR count). The number of carbonyl (C=O) groups excluding carboxylic acids is 3. The molecule has 288 valence electrons. The number of fused-ring (bicyclic) bond motifs is 1. The van der Waals surface area contributed by atoms with Crippen LogP contribution in [0.1, 0.15) is 71.3 Å². The predicted octanol–water partition coefficient (Wildman–Crippen LogP) is 7.32. The van der Waals surface area contributed by atoms with Crippen molar-refractivity contribution in [1.29, 1.82) is 0 Å². The number of benzene rings is 3. The topological polar surface area (TPSA) is 141 Å². The molecular weight excluding hydrogens is 695 g/mol. The number of ether oxygens (including phenoxy) is 2. The van der Waals surface area contributed by atoms with E-state index < -0.39 is 17.7 Å². The van der Waals surface area contributed by atoms with Gasteiger partial charge in [0, 0.05) is 19.3 Å². The summed E-state index contributed by atoms with van der Waals surface area (Å²) in [6.07, 6.45) is 5.06. The lowest BCUT2D eigenvalue weighted by atomic mass is 9.98. The minimum absolute atomic E-state index is 0.116. The molecule has 12 heteroatoms. The average Bonchev–Trinajstić information content (AvgIpc) is 3.99. The number of alkyl carbamates (subject to hydrolysis) is 1. The molecule has 2 fully saturated rings. The first-order valence-corrected chi connectivity index (χ1v) is 19.0. The molecule has 0 radical (unpaired) electrons. The third-order valence-corrected chi connectivity index (χ3v) is 10.5. The molecule has 4 N–H and O–H groups in total. The van der Waals surface area contributed by atoms with Crippen LogP contribution in [0.4, 0.5) is 9.59 Å². The molecule has 3 aliphatic heterocycles. The zero-order valence-corrected chi connectivity index (χ0v) is 32.4. The summed E-state index contributed by atoms with van der Waals surface area (Å²) in [6.45, 7) is 14.7. The van der Waals surface area contributed by atoms with Crippen molar-refractivity contribution in [2.75, 3.05) is 20.2 Å². The Bertz CT molecular complexity index is 2130. The fourth-order valence-electron chi connectivity index (χ4n) is 7.72. The molecule has 2 saturated heterocycles. The molecule has 55 heavy (non-hydrogen) atoms. The van der Waals surface area contributed by atoms with Crippen LogP contribution in [0, 0.1) is 5.92 Å². The number of methoxy groups -OCH3 is 1. The van der Waals surface area contributed by atoms with Crippen molar-refractivity contribution in [3.8, 4) is 22.4 Å². The highest BCUT2D eigenvalue weighted by atomic mass is 16.6. The Labute approximate surface area is 322 Å². The van der Waals surface area contributed by atoms with Gasteiger partial charge in [-0.15, -0.1) is 0 Å². The molecule has 12 nitrogen and oxygen atoms in total. The zero-order chi connectivity index (χ0) is 39.0. The number of rotatable bonds is 8. The van der Waals surface area contributed by atoms with Crippen LogP contribution in [0.5, 0.6) is 0 Å². The number of aromatic nitrogens is 2. The molecule has 4 atom stereocenters. The second-order valence-corrected chi connectivity index (χ2v) is 16.1. The standard InChI is InChI=1S/C43H51N7O5/c1-25(2)37(48-41(52)54-7)40(51)50-24-26(3)19-36(50)39-45-23-34(47-39)32-17-16-30-20-29(14-15-31(30)21-32)27-10-12-28(13-11-27)33-22-44-38(46-33)35-9-8-18-49(35)42(53)55-43(4,5)6/h10-17,20-23,25,35-37,39,45,47H,3,8-9,18-19,24H2,1-2,4-7H3,(H,44,46)(H,48,52)/t35-,36-,37-,39?/m0/s1. The summed E-state index contributed by atoms with van der Waals surface area (Å²) in [5, 5.41) is 12.0. The van der Waals surface area contributed by atoms with E-state index in [1.165, 1.54) is 7.11 Å². The average molecular weight is 746 g/mol. The van der Waals surface area contributed by atoms with Crippen molar-refractivity contribution in [1.82, 2.24) is 35.7 Å². The maximum Gasteiger partial charge on any atom is 0.410 e. The van der Waals surface area contributed by atoms with Gasteiger partial charge in [0.05, 0.1) is 36.8 Å². The van der Waals surface area contributed by atoms with Crippen LogP contribution in [-0.2, 0) is 14.3 Å². The second-order valence-electron chi connectivity index (χ2n) is 16.1. The van der Waals surface area contributed by atoms with Crippen LogP contribution in [-0.4, -0.2) is 81.9 Å². The van der Waals surface area contributed by atoms with Crippen molar-refractivity contribution in [2.24, 2.45) is 5.92 Å². The summed E-state index contributed by atoms with van der Waals surface area (Å²) >= 11 is 0. The number of H-pyrrole nitrogens is 1. The van der Waals surface area contributed by atoms with Crippen molar-refractivity contribution < 1.29 is 23.9 Å². The largest absolute Gasteiger partial charge is 0.453 e. The SMILES string of the molecule is C=C1C[C@@H](C2NC=C(c3ccc4cc(-c5ccc(-c6cnc([C@@H]7CCCN7C(=O)OC(C)(C)C)[nH]6)cc5)ccc4c3)N2)N(C(=O)[C@@H](NC(=O)OC)C(C)C)C1. The third kappa shape index (κ3) is 8.04. The molecule has 4 aromatic rings. The molecule has 0 saturated carbocycles. The van der Waals surface area contributed by atoms with Gasteiger partial charge in [0.1, 0.15) is 23.6 Å². The Morgan fingerprint density at radius 1 is 0.945 bits per heavy atom. The molecule has 1 unspecified atom stereocenters. The lowest BCUT2D eigenvalue weighted by Crippen LogP contribution is -2.57. The lowest BCUT2D eigenvalue weighted by molar-refractivity contribution is -0.135. The Morgan fingerprint density at radius 2 is 1.62 bits per heavy atom. The molecule has 4 heterocycles. The first-order valence-electron chi connectivity index (χ1n) is 19.0. The number of hydrogen-bond acceptors (Lipinski definition) is 8. The number of amides is 3. The number of hydrogen-bond donors (Lipinski definition) is 4. The molecule has 0 aliphatic carbocycles. The highest BCUT2D eigenvalue weighted by molar-refractivity contribution is 5.90. The van der Waals surface area contributed by atoms with E-state index in [1.807, 2.05) is 51.9 Å². The van der Waals surface area contributed by atoms with E-state index >= 15 is 0 Å². The number of aromatic amines is 1. The van der Waals surface area contributed by atoms with Gasteiger partial charge in [-0.2, -0.15) is 0 Å². The Morgan fingerprint density at radius 3 is 2.31 bits per heavy atom. The van der Waals surface area contributed by atoms with Crippen LogP contribution in [0.2, 0.25) is 0 Å². The Balaban J connectivity index is 1.01. The first-order chi connectivity index (χ1) is 26.3. The summed E-state index contributed by atoms with van der Waals surface area (Å²) in [6, 6.07) is 20.3. The van der Waals surface area contributed by atoms with Crippen LogP contribution in [0.15, 0.2) is 85.2 Å². The lowest BCUT2D eigenvalue weighted by Gasteiger charge is -2.33. The fourth-order valence-corrected chi connectivity index (χ4v) is 7.72. The normalized spacial score (nSPS) is 20.3. The van der Waals surface area contributed by atoms with Gasteiger partial charge in [-0.25, -0.2) is 14.6 Å². The van der Waals surface area contributed by atoms with Crippen molar-refractivity contribution >= 4 is 34.6 Å². The van der Waals surface area contributed by atoms with E-state index in [2.05, 4.69) is 93.2 Å². The molecule has 3 aliphatic rings. The van der Waals surface area contributed by atoms with Gasteiger partial charge in [-0.05, 0) is 91.1 Å². The van der Waals surface area contributed by atoms with Gasteiger partial charge in [0.15, 0.2) is 0 Å². The highest BCUT2D eigenvalue weighted by Crippen LogP contribution is 2.34. The third-order valence-electron chi connectivity index (χ3n) is 10.5. The summed E-state index contributed by atoms with van der Waals surface area (Å²) in [5.41, 5.74) is 6.54. The number of likely N-dealkylation sites (tertiary alicyclic amines) is 2. The van der Waals surface area contributed by atoms with E-state index in [0.717, 1.165) is 68.7 Å². The second kappa shape index (κ2) is 15.2. The van der Waals surface area contributed by atoms with E-state index in [1.54, 1.807) is 4.90 Å². The van der Waals surface area contributed by atoms with Gasteiger partial charge in [-0.3, -0.25) is 9.69 Å². The summed E-state index contributed by atoms with van der Waals surface area (Å²) in [4.78, 5) is 50.2. The van der Waals surface area contributed by atoms with Gasteiger partial charge in [0.25, 0.3) is 0 Å². The smallest absolute Gasteiger partial charge is 0.410 e. The summed E-state index contributed by atoms with van der Waals surface area (Å²) in [7, 11) is 1.29. The number of nitrogens with one attached hydrogen (secondary N) is 4.